The Morgan fingerprint density at radius 2 is 2.10 bits per heavy atom. The molecule has 1 rings (SSSR count). The predicted molar refractivity (Wildman–Crippen MR) is 46.5 cm³/mol. The second-order valence-corrected chi connectivity index (χ2v) is 3.89. The number of rotatable bonds is 3. The van der Waals surface area contributed by atoms with Crippen molar-refractivity contribution in [2.24, 2.45) is 0 Å². The molecule has 0 unspecified atom stereocenters. The molecule has 56 valence electrons. The number of hydrogen-bond acceptors (Lipinski definition) is 4. The van der Waals surface area contributed by atoms with E-state index in [0.29, 0.717) is 0 Å². The van der Waals surface area contributed by atoms with E-state index in [2.05, 4.69) is 23.4 Å². The van der Waals surface area contributed by atoms with Crippen LogP contribution in [-0.4, -0.2) is 16.5 Å². The monoisotopic (exact) mass is 174 g/mol. The number of nitrogens with zero attached hydrogens (tertiary/aromatic N) is 2. The van der Waals surface area contributed by atoms with Crippen molar-refractivity contribution in [2.45, 2.75) is 19.1 Å². The zero-order valence-electron chi connectivity index (χ0n) is 6.13. The Morgan fingerprint density at radius 3 is 2.60 bits per heavy atom. The van der Waals surface area contributed by atoms with E-state index in [0.717, 1.165) is 22.2 Å². The van der Waals surface area contributed by atoms with E-state index in [-0.39, 0.29) is 0 Å². The lowest BCUT2D eigenvalue weighted by molar-refractivity contribution is 0.962. The van der Waals surface area contributed by atoms with Crippen molar-refractivity contribution in [1.29, 1.82) is 0 Å². The van der Waals surface area contributed by atoms with Crippen LogP contribution in [0.3, 0.4) is 0 Å². The highest BCUT2D eigenvalue weighted by Crippen LogP contribution is 2.14. The summed E-state index contributed by atoms with van der Waals surface area (Å²) < 4.78 is 0. The largest absolute Gasteiger partial charge is 0.158 e. The van der Waals surface area contributed by atoms with Gasteiger partial charge in [0.2, 0.25) is 0 Å². The average Bonchev–Trinajstić information content (AvgIpc) is 2.37. The summed E-state index contributed by atoms with van der Waals surface area (Å²) in [5.41, 5.74) is 0. The summed E-state index contributed by atoms with van der Waals surface area (Å²) >= 11 is 3.50. The standard InChI is InChI=1S/C6H10N2S2/c1-3-5-7-8-6(10-5)4-9-2/h3-4H2,1-2H3. The van der Waals surface area contributed by atoms with Crippen molar-refractivity contribution in [3.63, 3.8) is 0 Å². The van der Waals surface area contributed by atoms with Gasteiger partial charge >= 0.3 is 0 Å². The van der Waals surface area contributed by atoms with Gasteiger partial charge in [0.15, 0.2) is 0 Å². The Bertz CT molecular complexity index is 197. The fourth-order valence-corrected chi connectivity index (χ4v) is 2.09. The highest BCUT2D eigenvalue weighted by Gasteiger charge is 1.99. The summed E-state index contributed by atoms with van der Waals surface area (Å²) in [5.74, 6) is 0.998. The van der Waals surface area contributed by atoms with E-state index in [1.54, 1.807) is 23.1 Å². The molecule has 0 spiro atoms. The van der Waals surface area contributed by atoms with Gasteiger partial charge in [-0.2, -0.15) is 11.8 Å². The lowest BCUT2D eigenvalue weighted by atomic mass is 10.5. The molecule has 0 aliphatic carbocycles. The molecule has 0 saturated heterocycles. The van der Waals surface area contributed by atoms with Gasteiger partial charge in [-0.25, -0.2) is 0 Å². The molecule has 0 bridgehead atoms. The first-order chi connectivity index (χ1) is 4.86. The van der Waals surface area contributed by atoms with Gasteiger partial charge in [-0.1, -0.05) is 6.92 Å². The smallest absolute Gasteiger partial charge is 0.127 e. The second kappa shape index (κ2) is 3.93. The second-order valence-electron chi connectivity index (χ2n) is 1.88. The number of aryl methyl sites for hydroxylation is 1. The highest BCUT2D eigenvalue weighted by molar-refractivity contribution is 7.97. The molecular weight excluding hydrogens is 164 g/mol. The summed E-state index contributed by atoms with van der Waals surface area (Å²) in [6.45, 7) is 2.10. The van der Waals surface area contributed by atoms with Crippen LogP contribution < -0.4 is 0 Å². The zero-order chi connectivity index (χ0) is 7.40. The predicted octanol–water partition coefficient (Wildman–Crippen LogP) is 1.96. The van der Waals surface area contributed by atoms with Crippen LogP contribution in [0.15, 0.2) is 0 Å². The van der Waals surface area contributed by atoms with Crippen molar-refractivity contribution in [1.82, 2.24) is 10.2 Å². The van der Waals surface area contributed by atoms with Crippen LogP contribution in [0.4, 0.5) is 0 Å². The summed E-state index contributed by atoms with van der Waals surface area (Å²) in [7, 11) is 0. The molecule has 2 nitrogen and oxygen atoms in total. The SMILES string of the molecule is CCc1nnc(CSC)s1. The lowest BCUT2D eigenvalue weighted by Crippen LogP contribution is -1.77. The first kappa shape index (κ1) is 8.01. The number of aromatic nitrogens is 2. The number of hydrogen-bond donors (Lipinski definition) is 0. The van der Waals surface area contributed by atoms with E-state index < -0.39 is 0 Å². The van der Waals surface area contributed by atoms with Crippen molar-refractivity contribution < 1.29 is 0 Å². The summed E-state index contributed by atoms with van der Waals surface area (Å²) in [6, 6.07) is 0. The van der Waals surface area contributed by atoms with Crippen molar-refractivity contribution >= 4 is 23.1 Å². The quantitative estimate of drug-likeness (QED) is 0.700. The van der Waals surface area contributed by atoms with Gasteiger partial charge < -0.3 is 0 Å². The molecule has 0 saturated carbocycles. The Morgan fingerprint density at radius 1 is 1.40 bits per heavy atom. The van der Waals surface area contributed by atoms with E-state index in [1.807, 2.05) is 0 Å². The molecular formula is C6H10N2S2. The molecule has 1 aromatic rings. The minimum absolute atomic E-state index is 0.998. The Labute approximate surface area is 69.1 Å². The fourth-order valence-electron chi connectivity index (χ4n) is 0.613. The van der Waals surface area contributed by atoms with Crippen LogP contribution >= 0.6 is 23.1 Å². The third-order valence-corrected chi connectivity index (χ3v) is 2.89. The third kappa shape index (κ3) is 1.95. The maximum Gasteiger partial charge on any atom is 0.127 e. The van der Waals surface area contributed by atoms with Gasteiger partial charge in [0.1, 0.15) is 10.0 Å². The van der Waals surface area contributed by atoms with Crippen LogP contribution in [0.2, 0.25) is 0 Å². The molecule has 10 heavy (non-hydrogen) atoms. The van der Waals surface area contributed by atoms with Crippen molar-refractivity contribution in [3.05, 3.63) is 10.0 Å². The Balaban J connectivity index is 2.59. The molecule has 1 aromatic heterocycles. The minimum Gasteiger partial charge on any atom is -0.158 e. The molecule has 4 heteroatoms. The van der Waals surface area contributed by atoms with Crippen molar-refractivity contribution in [2.75, 3.05) is 6.26 Å². The Kier molecular flexibility index (Phi) is 3.15. The normalized spacial score (nSPS) is 10.2. The average molecular weight is 174 g/mol. The van der Waals surface area contributed by atoms with E-state index >= 15 is 0 Å². The first-order valence-corrected chi connectivity index (χ1v) is 5.38. The van der Waals surface area contributed by atoms with E-state index in [9.17, 15) is 0 Å². The van der Waals surface area contributed by atoms with E-state index in [1.165, 1.54) is 0 Å². The lowest BCUT2D eigenvalue weighted by Gasteiger charge is -1.84. The van der Waals surface area contributed by atoms with Crippen molar-refractivity contribution in [3.8, 4) is 0 Å². The molecule has 0 aromatic carbocycles. The molecule has 1 heterocycles. The van der Waals surface area contributed by atoms with Crippen LogP contribution in [0.25, 0.3) is 0 Å². The summed E-state index contributed by atoms with van der Waals surface area (Å²) in [6.07, 6.45) is 3.08. The molecule has 0 atom stereocenters. The molecule has 0 N–H and O–H groups in total. The third-order valence-electron chi connectivity index (χ3n) is 1.08. The van der Waals surface area contributed by atoms with Gasteiger partial charge in [-0.3, -0.25) is 0 Å². The van der Waals surface area contributed by atoms with Gasteiger partial charge in [0, 0.05) is 5.75 Å². The summed E-state index contributed by atoms with van der Waals surface area (Å²) in [5, 5.41) is 10.3. The van der Waals surface area contributed by atoms with Crippen LogP contribution in [0.5, 0.6) is 0 Å². The van der Waals surface area contributed by atoms with Gasteiger partial charge in [-0.05, 0) is 12.7 Å². The molecule has 0 aliphatic heterocycles. The first-order valence-electron chi connectivity index (χ1n) is 3.17. The van der Waals surface area contributed by atoms with Crippen LogP contribution in [0.1, 0.15) is 16.9 Å². The molecule has 0 aliphatic rings. The summed E-state index contributed by atoms with van der Waals surface area (Å²) in [4.78, 5) is 0. The van der Waals surface area contributed by atoms with Gasteiger partial charge in [0.05, 0.1) is 0 Å². The maximum atomic E-state index is 4.02. The fraction of sp³-hybridized carbons (Fsp3) is 0.667. The minimum atomic E-state index is 0.998. The molecule has 0 fully saturated rings. The topological polar surface area (TPSA) is 25.8 Å². The molecule has 0 radical (unpaired) electrons. The van der Waals surface area contributed by atoms with Gasteiger partial charge in [-0.15, -0.1) is 21.5 Å². The van der Waals surface area contributed by atoms with E-state index in [4.69, 9.17) is 0 Å². The number of thioether (sulfide) groups is 1. The Hall–Kier alpha value is -0.0900. The highest BCUT2D eigenvalue weighted by atomic mass is 32.2. The van der Waals surface area contributed by atoms with Crippen LogP contribution in [-0.2, 0) is 12.2 Å². The van der Waals surface area contributed by atoms with Crippen LogP contribution in [0, 0.1) is 0 Å². The zero-order valence-corrected chi connectivity index (χ0v) is 7.76. The maximum absolute atomic E-state index is 4.02. The molecule has 0 amide bonds. The van der Waals surface area contributed by atoms with Gasteiger partial charge in [0.25, 0.3) is 0 Å².